The van der Waals surface area contributed by atoms with E-state index in [-0.39, 0.29) is 85.6 Å². The molecule has 6 N–H and O–H groups in total. The Morgan fingerprint density at radius 3 is 0.429 bits per heavy atom. The van der Waals surface area contributed by atoms with Crippen LogP contribution in [-0.4, -0.2) is 85.6 Å². The van der Waals surface area contributed by atoms with E-state index in [0.29, 0.717) is 0 Å². The van der Waals surface area contributed by atoms with Crippen LogP contribution in [0, 0.1) is 0 Å². The van der Waals surface area contributed by atoms with E-state index in [9.17, 15) is 0 Å². The van der Waals surface area contributed by atoms with Gasteiger partial charge in [-0.05, 0) is 0 Å². The number of hydrogen-bond donors (Lipinski definition) is 0. The maximum atomic E-state index is 8.48. The van der Waals surface area contributed by atoms with E-state index < -0.39 is 17.2 Å². The average molecular weight is 285 g/mol. The van der Waals surface area contributed by atoms with Gasteiger partial charge in [0, 0.05) is 0 Å². The third-order valence-electron chi connectivity index (χ3n) is 0. The normalized spacial score (nSPS) is 5.14. The van der Waals surface area contributed by atoms with Gasteiger partial charge in [0.15, 0.2) is 0 Å². The second kappa shape index (κ2) is 44.7. The van der Waals surface area contributed by atoms with E-state index >= 15 is 0 Å². The van der Waals surface area contributed by atoms with Crippen LogP contribution in [0.4, 0.5) is 0 Å². The molecule has 0 aromatic carbocycles. The van der Waals surface area contributed by atoms with Gasteiger partial charge in [-0.25, -0.2) is 0 Å². The first-order valence-electron chi connectivity index (χ1n) is 1.10. The van der Waals surface area contributed by atoms with Crippen molar-refractivity contribution in [2.45, 2.75) is 0 Å². The van der Waals surface area contributed by atoms with Crippen molar-refractivity contribution in [3.05, 3.63) is 0 Å². The first-order valence-corrected chi connectivity index (χ1v) is 3.29. The third-order valence-corrected chi connectivity index (χ3v) is 0. The van der Waals surface area contributed by atoms with Crippen LogP contribution in [-0.2, 0) is 0 Å². The SMILES string of the molecule is O.O.O.[Mg+2].[Mg+2].[Mg+2].[O-]P([O-])[O-].[O-]P([O-])[O-]. The molecule has 76 valence electrons. The molecule has 0 atom stereocenters. The van der Waals surface area contributed by atoms with E-state index in [0.717, 1.165) is 0 Å². The summed E-state index contributed by atoms with van der Waals surface area (Å²) in [5, 5.41) is 0. The molecule has 0 aliphatic carbocycles. The Balaban J connectivity index is -0.00000000600. The second-order valence-corrected chi connectivity index (χ2v) is 1.34. The van der Waals surface area contributed by atoms with Crippen LogP contribution in [0.1, 0.15) is 0 Å². The Kier molecular flexibility index (Phi) is 173. The van der Waals surface area contributed by atoms with Gasteiger partial charge in [0.1, 0.15) is 0 Å². The van der Waals surface area contributed by atoms with Crippen molar-refractivity contribution in [1.29, 1.82) is 0 Å². The standard InChI is InChI=1S/3Mg.2O3P.3H2O/c;;;2*1-4(2)3;;;/h;;;;;3*1H2/q3*+2;2*-3;;;. The maximum Gasteiger partial charge on any atom is 2.00 e. The molecule has 0 aliphatic heterocycles. The summed E-state index contributed by atoms with van der Waals surface area (Å²) in [5.41, 5.74) is 0. The molecule has 0 aromatic heterocycles. The molecule has 14 heavy (non-hydrogen) atoms. The summed E-state index contributed by atoms with van der Waals surface area (Å²) in [6.07, 6.45) is 0. The fourth-order valence-electron chi connectivity index (χ4n) is 0. The Hall–Kier alpha value is 2.80. The van der Waals surface area contributed by atoms with Crippen LogP contribution in [0.15, 0.2) is 0 Å². The van der Waals surface area contributed by atoms with Crippen molar-refractivity contribution in [2.75, 3.05) is 0 Å². The van der Waals surface area contributed by atoms with Crippen LogP contribution in [0.25, 0.3) is 0 Å². The van der Waals surface area contributed by atoms with Gasteiger partial charge in [-0.1, -0.05) is 0 Å². The molecule has 0 fully saturated rings. The summed E-state index contributed by atoms with van der Waals surface area (Å²) in [6, 6.07) is 0. The van der Waals surface area contributed by atoms with Crippen molar-refractivity contribution < 1.29 is 45.8 Å². The van der Waals surface area contributed by atoms with E-state index in [1.165, 1.54) is 0 Å². The number of hydrogen-bond acceptors (Lipinski definition) is 6. The largest absolute Gasteiger partial charge is 2.00 e. The van der Waals surface area contributed by atoms with Crippen molar-refractivity contribution in [3.8, 4) is 0 Å². The summed E-state index contributed by atoms with van der Waals surface area (Å²) in [4.78, 5) is 50.9. The molecule has 0 radical (unpaired) electrons. The van der Waals surface area contributed by atoms with Gasteiger partial charge in [-0.3, -0.25) is 0 Å². The summed E-state index contributed by atoms with van der Waals surface area (Å²) in [7, 11) is -6.74. The molecule has 9 nitrogen and oxygen atoms in total. The molecule has 0 heterocycles. The minimum Gasteiger partial charge on any atom is -0.854 e. The summed E-state index contributed by atoms with van der Waals surface area (Å²) in [6.45, 7) is 0. The zero-order valence-electron chi connectivity index (χ0n) is 6.97. The van der Waals surface area contributed by atoms with Crippen molar-refractivity contribution in [1.82, 2.24) is 0 Å². The topological polar surface area (TPSA) is 233 Å². The minimum atomic E-state index is -3.37. The fourth-order valence-corrected chi connectivity index (χ4v) is 0. The monoisotopic (exact) mass is 284 g/mol. The Morgan fingerprint density at radius 1 is 0.429 bits per heavy atom. The van der Waals surface area contributed by atoms with E-state index in [1.54, 1.807) is 0 Å². The summed E-state index contributed by atoms with van der Waals surface area (Å²) in [5.74, 6) is 0. The molecular formula is H6Mg3O9P2. The fraction of sp³-hybridized carbons (Fsp3) is 0. The van der Waals surface area contributed by atoms with E-state index in [4.69, 9.17) is 29.4 Å². The smallest absolute Gasteiger partial charge is 0.854 e. The summed E-state index contributed by atoms with van der Waals surface area (Å²) < 4.78 is 0. The van der Waals surface area contributed by atoms with E-state index in [1.807, 2.05) is 0 Å². The Bertz CT molecular complexity index is 33.5. The first kappa shape index (κ1) is 54.2. The third kappa shape index (κ3) is 360. The van der Waals surface area contributed by atoms with Crippen molar-refractivity contribution >= 4 is 86.4 Å². The molecule has 0 unspecified atom stereocenters. The molecule has 0 bridgehead atoms. The van der Waals surface area contributed by atoms with Gasteiger partial charge in [-0.2, -0.15) is 0 Å². The predicted octanol–water partition coefficient (Wildman–Crippen LogP) is -9.03. The van der Waals surface area contributed by atoms with Gasteiger partial charge in [0.05, 0.1) is 0 Å². The van der Waals surface area contributed by atoms with Crippen LogP contribution in [0.2, 0.25) is 0 Å². The molecule has 14 heteroatoms. The quantitative estimate of drug-likeness (QED) is 0.309. The average Bonchev–Trinajstić information content (AvgIpc) is 1.25. The second-order valence-electron chi connectivity index (χ2n) is 0.447. The molecule has 0 spiro atoms. The molecule has 0 rings (SSSR count). The molecule has 0 aromatic rings. The van der Waals surface area contributed by atoms with Crippen LogP contribution >= 0.6 is 17.2 Å². The van der Waals surface area contributed by atoms with Crippen LogP contribution in [0.3, 0.4) is 0 Å². The van der Waals surface area contributed by atoms with Crippen molar-refractivity contribution in [2.24, 2.45) is 0 Å². The van der Waals surface area contributed by atoms with Gasteiger partial charge < -0.3 is 63.0 Å². The predicted molar refractivity (Wildman–Crippen MR) is 41.9 cm³/mol. The van der Waals surface area contributed by atoms with Gasteiger partial charge in [0.25, 0.3) is 0 Å². The Labute approximate surface area is 131 Å². The van der Waals surface area contributed by atoms with Crippen molar-refractivity contribution in [3.63, 3.8) is 0 Å². The molecular weight excluding hydrogens is 279 g/mol. The zero-order chi connectivity index (χ0) is 7.15. The minimum absolute atomic E-state index is 0. The first-order chi connectivity index (χ1) is 3.46. The summed E-state index contributed by atoms with van der Waals surface area (Å²) >= 11 is 0. The molecule has 0 saturated carbocycles. The van der Waals surface area contributed by atoms with Gasteiger partial charge >= 0.3 is 69.2 Å². The Morgan fingerprint density at radius 2 is 0.429 bits per heavy atom. The number of rotatable bonds is 0. The van der Waals surface area contributed by atoms with Crippen LogP contribution < -0.4 is 29.4 Å². The molecule has 0 saturated heterocycles. The van der Waals surface area contributed by atoms with Gasteiger partial charge in [-0.15, -0.1) is 0 Å². The zero-order valence-corrected chi connectivity index (χ0v) is 13.0. The van der Waals surface area contributed by atoms with Crippen LogP contribution in [0.5, 0.6) is 0 Å². The molecule has 0 amide bonds. The van der Waals surface area contributed by atoms with E-state index in [2.05, 4.69) is 0 Å². The van der Waals surface area contributed by atoms with Gasteiger partial charge in [0.2, 0.25) is 0 Å². The maximum absolute atomic E-state index is 8.48. The molecule has 0 aliphatic rings.